The molecule has 0 atom stereocenters. The molecule has 0 amide bonds. The molecule has 2 heteroatoms. The SMILES string of the molecule is [C-]1=CC=CC1.[C-]1=CC=CC1.[CH3-].[Zr+3].c1ccc([Si](c2ccccc2)c2ccccc2)cc1. The van der Waals surface area contributed by atoms with Crippen LogP contribution in [0.25, 0.3) is 0 Å². The summed E-state index contributed by atoms with van der Waals surface area (Å²) in [5.41, 5.74) is 0. The first-order valence-electron chi connectivity index (χ1n) is 9.92. The number of hydrogen-bond acceptors (Lipinski definition) is 0. The van der Waals surface area contributed by atoms with Crippen LogP contribution >= 0.6 is 0 Å². The molecule has 0 saturated carbocycles. The molecule has 0 N–H and O–H groups in total. The molecule has 0 aliphatic heterocycles. The average Bonchev–Trinajstić information content (AvgIpc) is 3.55. The standard InChI is InChI=1S/C18H15Si.2C5H5.CH3.Zr/c1-4-10-16(11-5-1)19(17-12-6-2-7-13-17)18-14-8-3-9-15-18;2*1-2-4-5-3-1;;/h1-15H;2*1-3H,4H2;1H3;/q;3*-1;+3. The van der Waals surface area contributed by atoms with Crippen molar-refractivity contribution in [1.82, 2.24) is 0 Å². The Labute approximate surface area is 209 Å². The predicted molar refractivity (Wildman–Crippen MR) is 134 cm³/mol. The predicted octanol–water partition coefficient (Wildman–Crippen LogP) is 5.26. The molecule has 2 aliphatic carbocycles. The van der Waals surface area contributed by atoms with Crippen LogP contribution < -0.4 is 15.6 Å². The smallest absolute Gasteiger partial charge is 0.358 e. The van der Waals surface area contributed by atoms with Gasteiger partial charge in [0, 0.05) is 0 Å². The zero-order valence-electron chi connectivity index (χ0n) is 18.0. The molecule has 0 unspecified atom stereocenters. The van der Waals surface area contributed by atoms with Crippen molar-refractivity contribution in [3.63, 3.8) is 0 Å². The molecule has 2 aliphatic rings. The largest absolute Gasteiger partial charge is 3.00 e. The summed E-state index contributed by atoms with van der Waals surface area (Å²) in [6, 6.07) is 32.5. The van der Waals surface area contributed by atoms with Gasteiger partial charge in [0.05, 0.1) is 0 Å². The maximum absolute atomic E-state index is 2.99. The van der Waals surface area contributed by atoms with Gasteiger partial charge in [0.25, 0.3) is 0 Å². The fourth-order valence-electron chi connectivity index (χ4n) is 2.99. The molecule has 5 rings (SSSR count). The zero-order valence-corrected chi connectivity index (χ0v) is 21.5. The van der Waals surface area contributed by atoms with Crippen LogP contribution in [0.1, 0.15) is 12.8 Å². The monoisotopic (exact) mass is 494 g/mol. The minimum absolute atomic E-state index is 0. The average molecular weight is 496 g/mol. The Morgan fingerprint density at radius 3 is 1.03 bits per heavy atom. The van der Waals surface area contributed by atoms with Gasteiger partial charge in [-0.15, -0.1) is 12.8 Å². The Morgan fingerprint density at radius 2 is 0.839 bits per heavy atom. The molecule has 2 radical (unpaired) electrons. The van der Waals surface area contributed by atoms with E-state index in [-0.39, 0.29) is 33.6 Å². The Morgan fingerprint density at radius 1 is 0.516 bits per heavy atom. The van der Waals surface area contributed by atoms with Crippen molar-refractivity contribution in [2.45, 2.75) is 12.8 Å². The van der Waals surface area contributed by atoms with Gasteiger partial charge in [-0.2, -0.15) is 12.2 Å². The van der Waals surface area contributed by atoms with Crippen LogP contribution in [-0.4, -0.2) is 8.80 Å². The van der Waals surface area contributed by atoms with Crippen molar-refractivity contribution in [3.05, 3.63) is 147 Å². The summed E-state index contributed by atoms with van der Waals surface area (Å²) >= 11 is 0. The van der Waals surface area contributed by atoms with E-state index in [9.17, 15) is 0 Å². The van der Waals surface area contributed by atoms with Gasteiger partial charge >= 0.3 is 26.2 Å². The van der Waals surface area contributed by atoms with Crippen molar-refractivity contribution >= 4 is 24.4 Å². The molecular formula is C29H28SiZr. The summed E-state index contributed by atoms with van der Waals surface area (Å²) in [4.78, 5) is 0. The van der Waals surface area contributed by atoms with E-state index in [0.717, 1.165) is 12.8 Å². The normalized spacial score (nSPS) is 12.2. The second-order valence-corrected chi connectivity index (χ2v) is 8.96. The molecule has 3 aromatic carbocycles. The maximum Gasteiger partial charge on any atom is 3.00 e. The van der Waals surface area contributed by atoms with Crippen LogP contribution in [0.4, 0.5) is 0 Å². The maximum atomic E-state index is 2.99. The van der Waals surface area contributed by atoms with Gasteiger partial charge < -0.3 is 7.43 Å². The van der Waals surface area contributed by atoms with Crippen LogP contribution in [0, 0.1) is 19.6 Å². The summed E-state index contributed by atoms with van der Waals surface area (Å²) in [5, 5.41) is 4.31. The third-order valence-electron chi connectivity index (χ3n) is 4.36. The number of benzene rings is 3. The first-order valence-corrected chi connectivity index (χ1v) is 11.4. The Balaban J connectivity index is 0.000000331. The van der Waals surface area contributed by atoms with E-state index in [1.54, 1.807) is 0 Å². The van der Waals surface area contributed by atoms with Crippen molar-refractivity contribution in [2.24, 2.45) is 0 Å². The summed E-state index contributed by atoms with van der Waals surface area (Å²) in [5.74, 6) is 0. The second-order valence-electron chi connectivity index (χ2n) is 6.48. The van der Waals surface area contributed by atoms with Crippen molar-refractivity contribution in [2.75, 3.05) is 0 Å². The summed E-state index contributed by atoms with van der Waals surface area (Å²) < 4.78 is 0. The second kappa shape index (κ2) is 16.4. The van der Waals surface area contributed by atoms with Crippen LogP contribution in [0.3, 0.4) is 0 Å². The van der Waals surface area contributed by atoms with E-state index in [0.29, 0.717) is 0 Å². The molecule has 0 saturated heterocycles. The molecule has 31 heavy (non-hydrogen) atoms. The first kappa shape index (κ1) is 26.8. The topological polar surface area (TPSA) is 0 Å². The fourth-order valence-corrected chi connectivity index (χ4v) is 5.57. The molecule has 152 valence electrons. The van der Waals surface area contributed by atoms with Gasteiger partial charge in [-0.3, -0.25) is 12.2 Å². The molecule has 0 aromatic heterocycles. The van der Waals surface area contributed by atoms with Gasteiger partial charge in [0.1, 0.15) is 0 Å². The van der Waals surface area contributed by atoms with Crippen molar-refractivity contribution < 1.29 is 26.2 Å². The quantitative estimate of drug-likeness (QED) is 0.264. The molecule has 0 nitrogen and oxygen atoms in total. The number of rotatable bonds is 3. The Bertz CT molecular complexity index is 806. The van der Waals surface area contributed by atoms with Crippen LogP contribution in [-0.2, 0) is 26.2 Å². The number of allylic oxidation sites excluding steroid dienone is 8. The van der Waals surface area contributed by atoms with E-state index < -0.39 is 8.80 Å². The van der Waals surface area contributed by atoms with Crippen LogP contribution in [0.5, 0.6) is 0 Å². The van der Waals surface area contributed by atoms with Gasteiger partial charge in [-0.25, -0.2) is 24.3 Å². The van der Waals surface area contributed by atoms with E-state index in [1.807, 2.05) is 24.3 Å². The van der Waals surface area contributed by atoms with E-state index in [2.05, 4.69) is 115 Å². The third kappa shape index (κ3) is 9.59. The summed E-state index contributed by atoms with van der Waals surface area (Å²) in [6.07, 6.45) is 20.0. The molecule has 3 aromatic rings. The minimum Gasteiger partial charge on any atom is -0.358 e. The Hall–Kier alpha value is -2.28. The van der Waals surface area contributed by atoms with Crippen LogP contribution in [0.2, 0.25) is 0 Å². The van der Waals surface area contributed by atoms with Gasteiger partial charge in [-0.1, -0.05) is 107 Å². The van der Waals surface area contributed by atoms with Gasteiger partial charge in [0.2, 0.25) is 0 Å². The van der Waals surface area contributed by atoms with E-state index >= 15 is 0 Å². The molecular weight excluding hydrogens is 468 g/mol. The molecule has 0 heterocycles. The van der Waals surface area contributed by atoms with E-state index in [1.165, 1.54) is 15.6 Å². The molecule has 0 fully saturated rings. The van der Waals surface area contributed by atoms with E-state index in [4.69, 9.17) is 0 Å². The Kier molecular flexibility index (Phi) is 14.2. The van der Waals surface area contributed by atoms with Gasteiger partial charge in [0.15, 0.2) is 8.80 Å². The molecule has 0 bridgehead atoms. The van der Waals surface area contributed by atoms with Crippen molar-refractivity contribution in [3.8, 4) is 0 Å². The summed E-state index contributed by atoms with van der Waals surface area (Å²) in [6.45, 7) is 0. The summed E-state index contributed by atoms with van der Waals surface area (Å²) in [7, 11) is -0.877. The first-order chi connectivity index (χ1) is 14.4. The fraction of sp³-hybridized carbons (Fsp3) is 0.0690. The van der Waals surface area contributed by atoms with Crippen molar-refractivity contribution in [1.29, 1.82) is 0 Å². The van der Waals surface area contributed by atoms with Crippen LogP contribution in [0.15, 0.2) is 127 Å². The molecule has 0 spiro atoms. The third-order valence-corrected chi connectivity index (χ3v) is 7.09. The van der Waals surface area contributed by atoms with Gasteiger partial charge in [-0.05, 0) is 0 Å². The number of hydrogen-bond donors (Lipinski definition) is 0. The minimum atomic E-state index is -0.877. The zero-order chi connectivity index (χ0) is 20.0.